The monoisotopic (exact) mass is 430 g/mol. The van der Waals surface area contributed by atoms with Gasteiger partial charge in [-0.3, -0.25) is 0 Å². The van der Waals surface area contributed by atoms with E-state index in [1.807, 2.05) is 54.6 Å². The zero-order chi connectivity index (χ0) is 23.0. The van der Waals surface area contributed by atoms with Crippen molar-refractivity contribution in [1.82, 2.24) is 0 Å². The van der Waals surface area contributed by atoms with E-state index in [9.17, 15) is 4.39 Å². The van der Waals surface area contributed by atoms with Crippen LogP contribution in [0.1, 0.15) is 35.1 Å². The molecule has 0 amide bonds. The van der Waals surface area contributed by atoms with E-state index in [2.05, 4.69) is 61.4 Å². The molecule has 33 heavy (non-hydrogen) atoms. The molecule has 0 saturated heterocycles. The highest BCUT2D eigenvalue weighted by atomic mass is 19.1. The van der Waals surface area contributed by atoms with Crippen molar-refractivity contribution in [3.63, 3.8) is 0 Å². The molecule has 162 valence electrons. The maximum Gasteiger partial charge on any atom is 0.134 e. The second-order valence-corrected chi connectivity index (χ2v) is 8.15. The van der Waals surface area contributed by atoms with Gasteiger partial charge in [0.15, 0.2) is 0 Å². The minimum Gasteiger partial charge on any atom is -0.206 e. The fraction of sp³-hybridized carbons (Fsp3) is 0.125. The molecule has 0 saturated carbocycles. The topological polar surface area (TPSA) is 0 Å². The lowest BCUT2D eigenvalue weighted by molar-refractivity contribution is 0.621. The summed E-state index contributed by atoms with van der Waals surface area (Å²) >= 11 is 0. The van der Waals surface area contributed by atoms with Crippen LogP contribution in [0.15, 0.2) is 104 Å². The van der Waals surface area contributed by atoms with Crippen LogP contribution in [0.25, 0.3) is 21.9 Å². The van der Waals surface area contributed by atoms with Gasteiger partial charge in [0.1, 0.15) is 5.82 Å². The number of aryl methyl sites for hydroxylation is 2. The zero-order valence-corrected chi connectivity index (χ0v) is 18.8. The van der Waals surface area contributed by atoms with Crippen LogP contribution in [0.2, 0.25) is 0 Å². The van der Waals surface area contributed by atoms with E-state index < -0.39 is 0 Å². The fourth-order valence-electron chi connectivity index (χ4n) is 3.89. The Hall–Kier alpha value is -3.89. The van der Waals surface area contributed by atoms with Crippen LogP contribution in [-0.4, -0.2) is 0 Å². The molecule has 4 aromatic rings. The van der Waals surface area contributed by atoms with Gasteiger partial charge in [0.05, 0.1) is 0 Å². The van der Waals surface area contributed by atoms with Gasteiger partial charge >= 0.3 is 0 Å². The quantitative estimate of drug-likeness (QED) is 0.204. The van der Waals surface area contributed by atoms with Crippen LogP contribution in [-0.2, 0) is 12.8 Å². The Bertz CT molecular complexity index is 1330. The summed E-state index contributed by atoms with van der Waals surface area (Å²) in [5, 5.41) is 1.51. The summed E-state index contributed by atoms with van der Waals surface area (Å²) in [4.78, 5) is 0. The molecule has 0 nitrogen and oxygen atoms in total. The van der Waals surface area contributed by atoms with E-state index in [1.54, 1.807) is 0 Å². The fourth-order valence-corrected chi connectivity index (χ4v) is 3.89. The molecule has 0 spiro atoms. The van der Waals surface area contributed by atoms with Gasteiger partial charge in [-0.1, -0.05) is 78.6 Å². The molecular weight excluding hydrogens is 403 g/mol. The molecule has 0 aliphatic heterocycles. The van der Waals surface area contributed by atoms with Crippen molar-refractivity contribution < 1.29 is 4.39 Å². The first-order valence-electron chi connectivity index (χ1n) is 11.3. The number of benzene rings is 4. The first-order valence-corrected chi connectivity index (χ1v) is 11.3. The third-order valence-electron chi connectivity index (χ3n) is 5.81. The highest BCUT2D eigenvalue weighted by molar-refractivity contribution is 5.85. The largest absolute Gasteiger partial charge is 0.206 e. The minimum atomic E-state index is -0.141. The van der Waals surface area contributed by atoms with Crippen LogP contribution in [0.3, 0.4) is 0 Å². The Morgan fingerprint density at radius 3 is 1.97 bits per heavy atom. The average molecular weight is 431 g/mol. The number of allylic oxidation sites excluding steroid dienone is 2. The first-order chi connectivity index (χ1) is 16.2. The number of halogens is 1. The van der Waals surface area contributed by atoms with Crippen LogP contribution >= 0.6 is 0 Å². The van der Waals surface area contributed by atoms with E-state index in [0.29, 0.717) is 11.8 Å². The third kappa shape index (κ3) is 5.48. The van der Waals surface area contributed by atoms with Crippen LogP contribution in [0.4, 0.5) is 4.39 Å². The van der Waals surface area contributed by atoms with Crippen molar-refractivity contribution in [3.05, 3.63) is 132 Å². The summed E-state index contributed by atoms with van der Waals surface area (Å²) in [5.41, 5.74) is 6.24. The Morgan fingerprint density at radius 1 is 0.667 bits per heavy atom. The van der Waals surface area contributed by atoms with Crippen molar-refractivity contribution in [2.24, 2.45) is 0 Å². The van der Waals surface area contributed by atoms with Gasteiger partial charge in [0.2, 0.25) is 0 Å². The molecule has 4 rings (SSSR count). The van der Waals surface area contributed by atoms with Crippen molar-refractivity contribution >= 4 is 10.8 Å². The predicted molar refractivity (Wildman–Crippen MR) is 139 cm³/mol. The van der Waals surface area contributed by atoms with Gasteiger partial charge in [-0.15, -0.1) is 13.2 Å². The Morgan fingerprint density at radius 2 is 1.27 bits per heavy atom. The van der Waals surface area contributed by atoms with E-state index >= 15 is 0 Å². The summed E-state index contributed by atoms with van der Waals surface area (Å²) in [6, 6.07) is 26.5. The maximum atomic E-state index is 14.8. The summed E-state index contributed by atoms with van der Waals surface area (Å²) in [6.07, 6.45) is 7.22. The van der Waals surface area contributed by atoms with Crippen molar-refractivity contribution in [1.29, 1.82) is 0 Å². The van der Waals surface area contributed by atoms with Gasteiger partial charge in [-0.2, -0.15) is 0 Å². The van der Waals surface area contributed by atoms with E-state index in [4.69, 9.17) is 0 Å². The Kier molecular flexibility index (Phi) is 7.18. The second-order valence-electron chi connectivity index (χ2n) is 8.15. The molecule has 4 aromatic carbocycles. The summed E-state index contributed by atoms with van der Waals surface area (Å²) in [5.74, 6) is 6.30. The van der Waals surface area contributed by atoms with Gasteiger partial charge in [-0.25, -0.2) is 4.39 Å². The highest BCUT2D eigenvalue weighted by Crippen LogP contribution is 2.24. The molecule has 0 heterocycles. The lowest BCUT2D eigenvalue weighted by Gasteiger charge is -2.06. The van der Waals surface area contributed by atoms with Crippen LogP contribution in [0.5, 0.6) is 0 Å². The summed E-state index contributed by atoms with van der Waals surface area (Å²) in [6.45, 7) is 7.50. The number of fused-ring (bicyclic) bond motifs is 1. The molecule has 0 unspecified atom stereocenters. The summed E-state index contributed by atoms with van der Waals surface area (Å²) < 4.78 is 14.8. The number of hydrogen-bond acceptors (Lipinski definition) is 0. The molecule has 1 heteroatoms. The summed E-state index contributed by atoms with van der Waals surface area (Å²) in [7, 11) is 0. The molecule has 0 bridgehead atoms. The lowest BCUT2D eigenvalue weighted by atomic mass is 10.0. The van der Waals surface area contributed by atoms with Crippen LogP contribution in [0, 0.1) is 17.7 Å². The Balaban J connectivity index is 1.49. The van der Waals surface area contributed by atoms with Gasteiger partial charge in [-0.05, 0) is 77.6 Å². The number of rotatable bonds is 7. The predicted octanol–water partition coefficient (Wildman–Crippen LogP) is 8.28. The highest BCUT2D eigenvalue weighted by Gasteiger charge is 2.07. The third-order valence-corrected chi connectivity index (χ3v) is 5.81. The van der Waals surface area contributed by atoms with Crippen molar-refractivity contribution in [2.75, 3.05) is 0 Å². The van der Waals surface area contributed by atoms with E-state index in [0.717, 1.165) is 41.3 Å². The van der Waals surface area contributed by atoms with Crippen molar-refractivity contribution in [2.45, 2.75) is 25.7 Å². The Labute approximate surface area is 196 Å². The van der Waals surface area contributed by atoms with E-state index in [1.165, 1.54) is 16.7 Å². The lowest BCUT2D eigenvalue weighted by Crippen LogP contribution is -1.92. The molecule has 0 fully saturated rings. The number of hydrogen-bond donors (Lipinski definition) is 0. The maximum absolute atomic E-state index is 14.8. The zero-order valence-electron chi connectivity index (χ0n) is 18.8. The normalized spacial score (nSPS) is 10.5. The molecule has 0 aromatic heterocycles. The minimum absolute atomic E-state index is 0.141. The average Bonchev–Trinajstić information content (AvgIpc) is 2.86. The van der Waals surface area contributed by atoms with Crippen LogP contribution < -0.4 is 0 Å². The second kappa shape index (κ2) is 10.6. The molecular formula is C32H27F. The van der Waals surface area contributed by atoms with Gasteiger partial charge < -0.3 is 0 Å². The van der Waals surface area contributed by atoms with Gasteiger partial charge in [0.25, 0.3) is 0 Å². The van der Waals surface area contributed by atoms with Gasteiger partial charge in [0, 0.05) is 16.5 Å². The standard InChI is InChI=1S/C32H27F/c1-3-5-7-24-11-16-27(17-12-24)28-18-13-25(14-19-28)9-10-26-15-22-31-30(23-26)21-20-29(32(31)33)8-6-4-2/h3-4,11-23H,1-2,5-8H2. The molecule has 0 N–H and O–H groups in total. The molecule has 0 aliphatic rings. The molecule has 0 radical (unpaired) electrons. The molecule has 0 atom stereocenters. The van der Waals surface area contributed by atoms with E-state index in [-0.39, 0.29) is 5.82 Å². The molecule has 0 aliphatic carbocycles. The SMILES string of the molecule is C=CCCc1ccc(-c2ccc(C#Cc3ccc4c(F)c(CCC=C)ccc4c3)cc2)cc1. The van der Waals surface area contributed by atoms with Crippen molar-refractivity contribution in [3.8, 4) is 23.0 Å². The smallest absolute Gasteiger partial charge is 0.134 e. The first kappa shape index (κ1) is 22.3.